The summed E-state index contributed by atoms with van der Waals surface area (Å²) in [6.45, 7) is 0. The van der Waals surface area contributed by atoms with Gasteiger partial charge in [0.15, 0.2) is 9.84 Å². The lowest BCUT2D eigenvalue weighted by atomic mass is 9.73. The van der Waals surface area contributed by atoms with E-state index in [9.17, 15) is 8.42 Å². The van der Waals surface area contributed by atoms with Gasteiger partial charge in [0.25, 0.3) is 0 Å². The van der Waals surface area contributed by atoms with E-state index in [1.165, 1.54) is 6.26 Å². The molecule has 2 rings (SSSR count). The Labute approximate surface area is 101 Å². The molecular weight excluding hydrogens is 246 g/mol. The highest BCUT2D eigenvalue weighted by atomic mass is 35.5. The lowest BCUT2D eigenvalue weighted by Crippen LogP contribution is -2.44. The van der Waals surface area contributed by atoms with Crippen LogP contribution < -0.4 is 5.73 Å². The molecule has 2 N–H and O–H groups in total. The summed E-state index contributed by atoms with van der Waals surface area (Å²) in [6.07, 6.45) is 3.79. The number of hydrogen-bond acceptors (Lipinski definition) is 3. The SMILES string of the molecule is CS(=O)(=O)c1cccc(Cl)c1C1(N)CCC1. The summed E-state index contributed by atoms with van der Waals surface area (Å²) >= 11 is 6.09. The van der Waals surface area contributed by atoms with Crippen LogP contribution in [-0.2, 0) is 15.4 Å². The van der Waals surface area contributed by atoms with Crippen LogP contribution in [0.2, 0.25) is 5.02 Å². The Balaban J connectivity index is 2.67. The van der Waals surface area contributed by atoms with Crippen LogP contribution in [0.3, 0.4) is 0 Å². The van der Waals surface area contributed by atoms with Gasteiger partial charge in [-0.2, -0.15) is 0 Å². The maximum Gasteiger partial charge on any atom is 0.175 e. The van der Waals surface area contributed by atoms with Crippen LogP contribution in [0.1, 0.15) is 24.8 Å². The van der Waals surface area contributed by atoms with E-state index >= 15 is 0 Å². The smallest absolute Gasteiger partial charge is 0.175 e. The molecule has 1 saturated carbocycles. The van der Waals surface area contributed by atoms with Gasteiger partial charge in [-0.15, -0.1) is 0 Å². The standard InChI is InChI=1S/C11H14ClNO2S/c1-16(14,15)9-5-2-4-8(12)10(9)11(13)6-3-7-11/h2,4-5H,3,6-7,13H2,1H3. The van der Waals surface area contributed by atoms with Crippen molar-refractivity contribution in [3.63, 3.8) is 0 Å². The summed E-state index contributed by atoms with van der Waals surface area (Å²) in [5.41, 5.74) is 6.20. The number of nitrogens with two attached hydrogens (primary N) is 1. The Morgan fingerprint density at radius 3 is 2.44 bits per heavy atom. The van der Waals surface area contributed by atoms with Crippen molar-refractivity contribution >= 4 is 21.4 Å². The second kappa shape index (κ2) is 3.72. The largest absolute Gasteiger partial charge is 0.321 e. The zero-order valence-corrected chi connectivity index (χ0v) is 10.6. The van der Waals surface area contributed by atoms with Crippen molar-refractivity contribution in [1.29, 1.82) is 0 Å². The molecule has 3 nitrogen and oxygen atoms in total. The Morgan fingerprint density at radius 2 is 2.00 bits per heavy atom. The molecule has 0 amide bonds. The molecule has 1 aromatic rings. The fourth-order valence-corrected chi connectivity index (χ4v) is 3.53. The normalized spacial score (nSPS) is 19.2. The summed E-state index contributed by atoms with van der Waals surface area (Å²) in [5, 5.41) is 0.449. The lowest BCUT2D eigenvalue weighted by Gasteiger charge is -2.40. The first-order chi connectivity index (χ1) is 7.34. The van der Waals surface area contributed by atoms with Crippen molar-refractivity contribution in [1.82, 2.24) is 0 Å². The molecule has 0 bridgehead atoms. The van der Waals surface area contributed by atoms with Gasteiger partial charge in [0, 0.05) is 22.4 Å². The third kappa shape index (κ3) is 1.85. The van der Waals surface area contributed by atoms with Crippen LogP contribution in [0.15, 0.2) is 23.1 Å². The van der Waals surface area contributed by atoms with Crippen LogP contribution >= 0.6 is 11.6 Å². The molecule has 1 aliphatic rings. The number of rotatable bonds is 2. The van der Waals surface area contributed by atoms with Gasteiger partial charge in [0.2, 0.25) is 0 Å². The number of halogens is 1. The van der Waals surface area contributed by atoms with Gasteiger partial charge in [-0.25, -0.2) is 8.42 Å². The van der Waals surface area contributed by atoms with Gasteiger partial charge in [-0.1, -0.05) is 17.7 Å². The molecule has 16 heavy (non-hydrogen) atoms. The highest BCUT2D eigenvalue weighted by Crippen LogP contribution is 2.44. The van der Waals surface area contributed by atoms with Gasteiger partial charge in [0.05, 0.1) is 4.90 Å². The Morgan fingerprint density at radius 1 is 1.38 bits per heavy atom. The third-order valence-corrected chi connectivity index (χ3v) is 4.57. The van der Waals surface area contributed by atoms with E-state index in [-0.39, 0.29) is 4.90 Å². The topological polar surface area (TPSA) is 60.2 Å². The van der Waals surface area contributed by atoms with Crippen LogP contribution in [0.25, 0.3) is 0 Å². The van der Waals surface area contributed by atoms with Crippen molar-refractivity contribution in [2.45, 2.75) is 29.7 Å². The second-order valence-electron chi connectivity index (χ2n) is 4.39. The lowest BCUT2D eigenvalue weighted by molar-refractivity contribution is 0.249. The van der Waals surface area contributed by atoms with Gasteiger partial charge in [-0.3, -0.25) is 0 Å². The molecule has 0 radical (unpaired) electrons. The number of benzene rings is 1. The maximum absolute atomic E-state index is 11.7. The molecule has 5 heteroatoms. The molecule has 0 saturated heterocycles. The Bertz CT molecular complexity index is 521. The summed E-state index contributed by atoms with van der Waals surface area (Å²) in [7, 11) is -3.28. The van der Waals surface area contributed by atoms with E-state index in [0.717, 1.165) is 19.3 Å². The van der Waals surface area contributed by atoms with Crippen LogP contribution in [0, 0.1) is 0 Å². The van der Waals surface area contributed by atoms with E-state index in [1.807, 2.05) is 0 Å². The minimum absolute atomic E-state index is 0.266. The highest BCUT2D eigenvalue weighted by molar-refractivity contribution is 7.90. The first kappa shape index (κ1) is 11.9. The predicted octanol–water partition coefficient (Wildman–Crippen LogP) is 2.08. The van der Waals surface area contributed by atoms with Gasteiger partial charge in [0.1, 0.15) is 0 Å². The van der Waals surface area contributed by atoms with Crippen molar-refractivity contribution in [3.8, 4) is 0 Å². The van der Waals surface area contributed by atoms with E-state index < -0.39 is 15.4 Å². The summed E-state index contributed by atoms with van der Waals surface area (Å²) in [5.74, 6) is 0. The molecule has 0 aliphatic heterocycles. The van der Waals surface area contributed by atoms with Gasteiger partial charge >= 0.3 is 0 Å². The van der Waals surface area contributed by atoms with Gasteiger partial charge in [-0.05, 0) is 31.4 Å². The zero-order chi connectivity index (χ0) is 12.0. The molecule has 1 fully saturated rings. The average Bonchev–Trinajstić information content (AvgIpc) is 2.12. The summed E-state index contributed by atoms with van der Waals surface area (Å²) in [4.78, 5) is 0.266. The molecule has 0 unspecified atom stereocenters. The third-order valence-electron chi connectivity index (χ3n) is 3.12. The highest BCUT2D eigenvalue weighted by Gasteiger charge is 2.39. The van der Waals surface area contributed by atoms with Crippen LogP contribution in [0.4, 0.5) is 0 Å². The molecular formula is C11H14ClNO2S. The summed E-state index contributed by atoms with van der Waals surface area (Å²) < 4.78 is 23.4. The fourth-order valence-electron chi connectivity index (χ4n) is 2.10. The molecule has 0 spiro atoms. The Hall–Kier alpha value is -0.580. The minimum Gasteiger partial charge on any atom is -0.321 e. The first-order valence-electron chi connectivity index (χ1n) is 5.12. The van der Waals surface area contributed by atoms with Crippen LogP contribution in [-0.4, -0.2) is 14.7 Å². The van der Waals surface area contributed by atoms with E-state index in [2.05, 4.69) is 0 Å². The molecule has 0 atom stereocenters. The van der Waals surface area contributed by atoms with Gasteiger partial charge < -0.3 is 5.73 Å². The number of sulfone groups is 1. The summed E-state index contributed by atoms with van der Waals surface area (Å²) in [6, 6.07) is 4.91. The van der Waals surface area contributed by atoms with Crippen molar-refractivity contribution in [2.75, 3.05) is 6.26 Å². The van der Waals surface area contributed by atoms with E-state index in [0.29, 0.717) is 10.6 Å². The van der Waals surface area contributed by atoms with Crippen molar-refractivity contribution < 1.29 is 8.42 Å². The fraction of sp³-hybridized carbons (Fsp3) is 0.455. The predicted molar refractivity (Wildman–Crippen MR) is 64.3 cm³/mol. The van der Waals surface area contributed by atoms with Crippen LogP contribution in [0.5, 0.6) is 0 Å². The molecule has 0 aromatic heterocycles. The van der Waals surface area contributed by atoms with E-state index in [1.54, 1.807) is 18.2 Å². The average molecular weight is 260 g/mol. The second-order valence-corrected chi connectivity index (χ2v) is 6.79. The quantitative estimate of drug-likeness (QED) is 0.885. The molecule has 88 valence electrons. The molecule has 0 heterocycles. The Kier molecular flexibility index (Phi) is 2.77. The number of hydrogen-bond donors (Lipinski definition) is 1. The molecule has 1 aromatic carbocycles. The maximum atomic E-state index is 11.7. The molecule has 1 aliphatic carbocycles. The zero-order valence-electron chi connectivity index (χ0n) is 9.03. The first-order valence-corrected chi connectivity index (χ1v) is 7.39. The monoisotopic (exact) mass is 259 g/mol. The minimum atomic E-state index is -3.28. The van der Waals surface area contributed by atoms with E-state index in [4.69, 9.17) is 17.3 Å². The van der Waals surface area contributed by atoms with Crippen molar-refractivity contribution in [2.24, 2.45) is 5.73 Å². The van der Waals surface area contributed by atoms with Crippen molar-refractivity contribution in [3.05, 3.63) is 28.8 Å².